The van der Waals surface area contributed by atoms with Crippen molar-refractivity contribution in [2.75, 3.05) is 13.1 Å². The van der Waals surface area contributed by atoms with Crippen molar-refractivity contribution in [2.45, 2.75) is 32.0 Å². The van der Waals surface area contributed by atoms with Gasteiger partial charge in [0.1, 0.15) is 0 Å². The summed E-state index contributed by atoms with van der Waals surface area (Å²) in [5, 5.41) is 9.61. The van der Waals surface area contributed by atoms with Gasteiger partial charge in [-0.05, 0) is 44.0 Å². The highest BCUT2D eigenvalue weighted by Gasteiger charge is 2.31. The minimum absolute atomic E-state index is 0.0251. The van der Waals surface area contributed by atoms with Crippen LogP contribution in [0.25, 0.3) is 0 Å². The van der Waals surface area contributed by atoms with Crippen molar-refractivity contribution in [1.82, 2.24) is 4.90 Å². The van der Waals surface area contributed by atoms with E-state index in [0.717, 1.165) is 25.0 Å². The van der Waals surface area contributed by atoms with E-state index in [1.54, 1.807) is 11.8 Å². The number of halogens is 3. The predicted molar refractivity (Wildman–Crippen MR) is 71.8 cm³/mol. The van der Waals surface area contributed by atoms with Crippen LogP contribution in [0.3, 0.4) is 0 Å². The number of rotatable bonds is 2. The molecular formula is C15H18F3NO2. The quantitative estimate of drug-likeness (QED) is 0.912. The highest BCUT2D eigenvalue weighted by molar-refractivity contribution is 5.94. The standard InChI is InChI=1S/C15H18F3NO2/c1-10(20)12-3-2-8-19(9-12)14(21)11-4-6-13(7-5-11)15(16,17)18/h4-7,10,12,20H,2-3,8-9H2,1H3. The zero-order chi connectivity index (χ0) is 15.6. The van der Waals surface area contributed by atoms with Gasteiger partial charge >= 0.3 is 6.18 Å². The molecular weight excluding hydrogens is 283 g/mol. The number of alkyl halides is 3. The smallest absolute Gasteiger partial charge is 0.393 e. The van der Waals surface area contributed by atoms with Crippen LogP contribution in [0.2, 0.25) is 0 Å². The first kappa shape index (κ1) is 15.8. The zero-order valence-corrected chi connectivity index (χ0v) is 11.7. The Hall–Kier alpha value is -1.56. The fourth-order valence-corrected chi connectivity index (χ4v) is 2.57. The molecule has 3 nitrogen and oxygen atoms in total. The van der Waals surface area contributed by atoms with E-state index >= 15 is 0 Å². The topological polar surface area (TPSA) is 40.5 Å². The first-order chi connectivity index (χ1) is 9.79. The highest BCUT2D eigenvalue weighted by atomic mass is 19.4. The number of likely N-dealkylation sites (tertiary alicyclic amines) is 1. The molecule has 1 aliphatic rings. The van der Waals surface area contributed by atoms with Gasteiger partial charge in [0.2, 0.25) is 0 Å². The van der Waals surface area contributed by atoms with Gasteiger partial charge in [-0.2, -0.15) is 13.2 Å². The van der Waals surface area contributed by atoms with Crippen molar-refractivity contribution in [3.8, 4) is 0 Å². The maximum Gasteiger partial charge on any atom is 0.416 e. The molecule has 1 aromatic carbocycles. The Bertz CT molecular complexity index is 497. The van der Waals surface area contributed by atoms with Crippen LogP contribution in [-0.4, -0.2) is 35.1 Å². The monoisotopic (exact) mass is 301 g/mol. The van der Waals surface area contributed by atoms with E-state index in [0.29, 0.717) is 13.1 Å². The van der Waals surface area contributed by atoms with E-state index in [9.17, 15) is 23.1 Å². The molecule has 2 rings (SSSR count). The molecule has 0 aliphatic carbocycles. The second-order valence-corrected chi connectivity index (χ2v) is 5.47. The fourth-order valence-electron chi connectivity index (χ4n) is 2.57. The number of piperidine rings is 1. The molecule has 0 aromatic heterocycles. The van der Waals surface area contributed by atoms with Gasteiger partial charge in [-0.1, -0.05) is 0 Å². The molecule has 0 spiro atoms. The second-order valence-electron chi connectivity index (χ2n) is 5.47. The molecule has 21 heavy (non-hydrogen) atoms. The van der Waals surface area contributed by atoms with Crippen molar-refractivity contribution < 1.29 is 23.1 Å². The Balaban J connectivity index is 2.09. The molecule has 2 unspecified atom stereocenters. The second kappa shape index (κ2) is 6.05. The zero-order valence-electron chi connectivity index (χ0n) is 11.7. The molecule has 2 atom stereocenters. The Kier molecular flexibility index (Phi) is 4.56. The van der Waals surface area contributed by atoms with E-state index < -0.39 is 17.8 Å². The number of benzene rings is 1. The van der Waals surface area contributed by atoms with Gasteiger partial charge in [-0.3, -0.25) is 4.79 Å². The summed E-state index contributed by atoms with van der Waals surface area (Å²) in [5.74, 6) is -0.258. The number of aliphatic hydroxyl groups is 1. The Morgan fingerprint density at radius 1 is 1.33 bits per heavy atom. The summed E-state index contributed by atoms with van der Waals surface area (Å²) in [7, 11) is 0. The third kappa shape index (κ3) is 3.75. The Labute approximate surface area is 121 Å². The summed E-state index contributed by atoms with van der Waals surface area (Å²) in [5.41, 5.74) is -0.520. The van der Waals surface area contributed by atoms with E-state index in [2.05, 4.69) is 0 Å². The molecule has 1 amide bonds. The van der Waals surface area contributed by atoms with Gasteiger partial charge in [-0.25, -0.2) is 0 Å². The summed E-state index contributed by atoms with van der Waals surface area (Å²) in [4.78, 5) is 13.9. The predicted octanol–water partition coefficient (Wildman–Crippen LogP) is 2.94. The molecule has 1 fully saturated rings. The van der Waals surface area contributed by atoms with Gasteiger partial charge < -0.3 is 10.0 Å². The van der Waals surface area contributed by atoms with Crippen LogP contribution < -0.4 is 0 Å². The van der Waals surface area contributed by atoms with Gasteiger partial charge in [0.25, 0.3) is 5.91 Å². The molecule has 0 bridgehead atoms. The lowest BCUT2D eigenvalue weighted by Gasteiger charge is -2.34. The van der Waals surface area contributed by atoms with Gasteiger partial charge in [0.15, 0.2) is 0 Å². The minimum Gasteiger partial charge on any atom is -0.393 e. The molecule has 1 N–H and O–H groups in total. The summed E-state index contributed by atoms with van der Waals surface area (Å²) in [6.07, 6.45) is -3.24. The molecule has 1 heterocycles. The summed E-state index contributed by atoms with van der Waals surface area (Å²) in [6, 6.07) is 4.25. The molecule has 0 saturated carbocycles. The van der Waals surface area contributed by atoms with E-state index in [-0.39, 0.29) is 17.4 Å². The number of hydrogen-bond donors (Lipinski definition) is 1. The highest BCUT2D eigenvalue weighted by Crippen LogP contribution is 2.29. The largest absolute Gasteiger partial charge is 0.416 e. The van der Waals surface area contributed by atoms with E-state index in [1.807, 2.05) is 0 Å². The normalized spacial score (nSPS) is 21.2. The molecule has 6 heteroatoms. The van der Waals surface area contributed by atoms with Crippen LogP contribution in [0.15, 0.2) is 24.3 Å². The molecule has 116 valence electrons. The Morgan fingerprint density at radius 3 is 2.48 bits per heavy atom. The lowest BCUT2D eigenvalue weighted by atomic mass is 9.93. The van der Waals surface area contributed by atoms with Crippen LogP contribution in [0, 0.1) is 5.92 Å². The van der Waals surface area contributed by atoms with Crippen molar-refractivity contribution in [3.05, 3.63) is 35.4 Å². The number of aliphatic hydroxyl groups excluding tert-OH is 1. The number of hydrogen-bond acceptors (Lipinski definition) is 2. The van der Waals surface area contributed by atoms with E-state index in [4.69, 9.17) is 0 Å². The maximum absolute atomic E-state index is 12.5. The van der Waals surface area contributed by atoms with Crippen LogP contribution in [0.1, 0.15) is 35.7 Å². The number of amides is 1. The van der Waals surface area contributed by atoms with E-state index in [1.165, 1.54) is 12.1 Å². The molecule has 0 radical (unpaired) electrons. The van der Waals surface area contributed by atoms with Crippen LogP contribution >= 0.6 is 0 Å². The fraction of sp³-hybridized carbons (Fsp3) is 0.533. The lowest BCUT2D eigenvalue weighted by molar-refractivity contribution is -0.137. The average molecular weight is 301 g/mol. The summed E-state index contributed by atoms with van der Waals surface area (Å²) < 4.78 is 37.5. The third-order valence-electron chi connectivity index (χ3n) is 3.89. The number of carbonyl (C=O) groups excluding carboxylic acids is 1. The van der Waals surface area contributed by atoms with Gasteiger partial charge in [0, 0.05) is 24.6 Å². The molecule has 1 aliphatic heterocycles. The summed E-state index contributed by atoms with van der Waals surface area (Å²) in [6.45, 7) is 2.71. The SMILES string of the molecule is CC(O)C1CCCN(C(=O)c2ccc(C(F)(F)F)cc2)C1. The van der Waals surface area contributed by atoms with Crippen molar-refractivity contribution in [3.63, 3.8) is 0 Å². The summed E-state index contributed by atoms with van der Waals surface area (Å²) >= 11 is 0. The third-order valence-corrected chi connectivity index (χ3v) is 3.89. The first-order valence-corrected chi connectivity index (χ1v) is 6.93. The number of nitrogens with zero attached hydrogens (tertiary/aromatic N) is 1. The number of carbonyl (C=O) groups is 1. The maximum atomic E-state index is 12.5. The first-order valence-electron chi connectivity index (χ1n) is 6.93. The van der Waals surface area contributed by atoms with Crippen molar-refractivity contribution in [1.29, 1.82) is 0 Å². The van der Waals surface area contributed by atoms with Crippen molar-refractivity contribution in [2.24, 2.45) is 5.92 Å². The van der Waals surface area contributed by atoms with Crippen molar-refractivity contribution >= 4 is 5.91 Å². The molecule has 1 saturated heterocycles. The van der Waals surface area contributed by atoms with Crippen LogP contribution in [0.5, 0.6) is 0 Å². The Morgan fingerprint density at radius 2 is 1.95 bits per heavy atom. The van der Waals surface area contributed by atoms with Gasteiger partial charge in [-0.15, -0.1) is 0 Å². The van der Waals surface area contributed by atoms with Crippen LogP contribution in [-0.2, 0) is 6.18 Å². The van der Waals surface area contributed by atoms with Crippen LogP contribution in [0.4, 0.5) is 13.2 Å². The van der Waals surface area contributed by atoms with Gasteiger partial charge in [0.05, 0.1) is 11.7 Å². The minimum atomic E-state index is -4.40. The molecule has 1 aromatic rings. The average Bonchev–Trinajstić information content (AvgIpc) is 2.46. The lowest BCUT2D eigenvalue weighted by Crippen LogP contribution is -2.42.